The van der Waals surface area contributed by atoms with Crippen molar-refractivity contribution in [3.63, 3.8) is 0 Å². The van der Waals surface area contributed by atoms with E-state index in [0.717, 1.165) is 9.88 Å². The molecule has 0 unspecified atom stereocenters. The first-order valence-corrected chi connectivity index (χ1v) is 7.72. The summed E-state index contributed by atoms with van der Waals surface area (Å²) in [5.74, 6) is 0.574. The van der Waals surface area contributed by atoms with Crippen molar-refractivity contribution in [3.8, 4) is 0 Å². The normalized spacial score (nSPS) is 12.0. The standard InChI is InChI=1S/C13H22N2O4S/c1-11(2)10-18-8-7-14-9-12-5-6-13(19-12)20(16,17)15(3)4/h5-6,14H,1,7-10H2,2-4H3. The Kier molecular flexibility index (Phi) is 6.41. The second-order valence-electron chi connectivity index (χ2n) is 4.69. The van der Waals surface area contributed by atoms with E-state index in [1.807, 2.05) is 6.92 Å². The molecule has 20 heavy (non-hydrogen) atoms. The zero-order chi connectivity index (χ0) is 15.2. The molecule has 0 saturated carbocycles. The van der Waals surface area contributed by atoms with Crippen molar-refractivity contribution in [1.29, 1.82) is 0 Å². The average molecular weight is 302 g/mol. The van der Waals surface area contributed by atoms with Crippen LogP contribution in [0.3, 0.4) is 0 Å². The molecule has 1 N–H and O–H groups in total. The largest absolute Gasteiger partial charge is 0.447 e. The number of hydrogen-bond donors (Lipinski definition) is 1. The summed E-state index contributed by atoms with van der Waals surface area (Å²) in [6, 6.07) is 3.11. The highest BCUT2D eigenvalue weighted by Gasteiger charge is 2.21. The molecule has 6 nitrogen and oxygen atoms in total. The molecule has 0 aliphatic carbocycles. The van der Waals surface area contributed by atoms with Crippen molar-refractivity contribution in [3.05, 3.63) is 30.0 Å². The zero-order valence-corrected chi connectivity index (χ0v) is 13.0. The summed E-state index contributed by atoms with van der Waals surface area (Å²) in [6.07, 6.45) is 0. The van der Waals surface area contributed by atoms with Crippen molar-refractivity contribution in [1.82, 2.24) is 9.62 Å². The minimum Gasteiger partial charge on any atom is -0.447 e. The molecule has 0 radical (unpaired) electrons. The molecule has 7 heteroatoms. The lowest BCUT2D eigenvalue weighted by Crippen LogP contribution is -2.21. The Labute approximate surface area is 120 Å². The van der Waals surface area contributed by atoms with Crippen LogP contribution in [0.4, 0.5) is 0 Å². The number of rotatable bonds is 9. The first kappa shape index (κ1) is 16.9. The molecule has 114 valence electrons. The second kappa shape index (κ2) is 7.58. The minimum atomic E-state index is -3.50. The fraction of sp³-hybridized carbons (Fsp3) is 0.538. The summed E-state index contributed by atoms with van der Waals surface area (Å²) >= 11 is 0. The highest BCUT2D eigenvalue weighted by Crippen LogP contribution is 2.16. The number of nitrogens with one attached hydrogen (secondary N) is 1. The van der Waals surface area contributed by atoms with Crippen LogP contribution in [0.15, 0.2) is 33.8 Å². The van der Waals surface area contributed by atoms with Crippen molar-refractivity contribution in [2.24, 2.45) is 0 Å². The van der Waals surface area contributed by atoms with Gasteiger partial charge in [-0.15, -0.1) is 0 Å². The van der Waals surface area contributed by atoms with Gasteiger partial charge >= 0.3 is 0 Å². The molecular weight excluding hydrogens is 280 g/mol. The van der Waals surface area contributed by atoms with Gasteiger partial charge in [0.1, 0.15) is 5.76 Å². The molecule has 0 aromatic carbocycles. The SMILES string of the molecule is C=C(C)COCCNCc1ccc(S(=O)(=O)N(C)C)o1. The quantitative estimate of drug-likeness (QED) is 0.548. The van der Waals surface area contributed by atoms with Crippen LogP contribution < -0.4 is 5.32 Å². The Bertz CT molecular complexity index is 534. The van der Waals surface area contributed by atoms with Crippen LogP contribution in [0.2, 0.25) is 0 Å². The fourth-order valence-corrected chi connectivity index (χ4v) is 2.19. The summed E-state index contributed by atoms with van der Waals surface area (Å²) < 4.78 is 35.4. The number of hydrogen-bond acceptors (Lipinski definition) is 5. The summed E-state index contributed by atoms with van der Waals surface area (Å²) in [5.41, 5.74) is 0.981. The van der Waals surface area contributed by atoms with Crippen LogP contribution in [0, 0.1) is 0 Å². The Morgan fingerprint density at radius 3 is 2.75 bits per heavy atom. The molecule has 1 aromatic rings. The number of nitrogens with zero attached hydrogens (tertiary/aromatic N) is 1. The van der Waals surface area contributed by atoms with Gasteiger partial charge in [0.05, 0.1) is 19.8 Å². The fourth-order valence-electron chi connectivity index (χ4n) is 1.37. The van der Waals surface area contributed by atoms with Crippen molar-refractivity contribution < 1.29 is 17.6 Å². The monoisotopic (exact) mass is 302 g/mol. The average Bonchev–Trinajstić information content (AvgIpc) is 2.82. The van der Waals surface area contributed by atoms with Gasteiger partial charge in [0.2, 0.25) is 5.09 Å². The lowest BCUT2D eigenvalue weighted by Gasteiger charge is -2.08. The van der Waals surface area contributed by atoms with Gasteiger partial charge in [-0.2, -0.15) is 0 Å². The van der Waals surface area contributed by atoms with Crippen LogP contribution in [-0.4, -0.2) is 46.6 Å². The molecule has 1 rings (SSSR count). The lowest BCUT2D eigenvalue weighted by atomic mass is 10.4. The summed E-state index contributed by atoms with van der Waals surface area (Å²) in [5, 5.41) is 3.07. The van der Waals surface area contributed by atoms with E-state index in [1.54, 1.807) is 6.07 Å². The van der Waals surface area contributed by atoms with Gasteiger partial charge in [-0.25, -0.2) is 12.7 Å². The maximum atomic E-state index is 11.8. The predicted molar refractivity (Wildman–Crippen MR) is 76.9 cm³/mol. The van der Waals surface area contributed by atoms with Gasteiger partial charge < -0.3 is 14.5 Å². The highest BCUT2D eigenvalue weighted by atomic mass is 32.2. The van der Waals surface area contributed by atoms with Crippen LogP contribution in [0.5, 0.6) is 0 Å². The summed E-state index contributed by atoms with van der Waals surface area (Å²) in [4.78, 5) is 0. The molecule has 0 fully saturated rings. The molecule has 1 heterocycles. The smallest absolute Gasteiger partial charge is 0.275 e. The topological polar surface area (TPSA) is 71.8 Å². The minimum absolute atomic E-state index is 0.0437. The lowest BCUT2D eigenvalue weighted by molar-refractivity contribution is 0.157. The molecule has 0 spiro atoms. The number of furan rings is 1. The second-order valence-corrected chi connectivity index (χ2v) is 6.78. The van der Waals surface area contributed by atoms with E-state index >= 15 is 0 Å². The molecule has 0 aliphatic heterocycles. The van der Waals surface area contributed by atoms with Gasteiger partial charge in [-0.3, -0.25) is 0 Å². The van der Waals surface area contributed by atoms with Crippen molar-refractivity contribution in [2.75, 3.05) is 33.9 Å². The molecule has 1 aromatic heterocycles. The highest BCUT2D eigenvalue weighted by molar-refractivity contribution is 7.88. The Hall–Kier alpha value is -1.15. The van der Waals surface area contributed by atoms with Gasteiger partial charge in [0.15, 0.2) is 0 Å². The third kappa shape index (κ3) is 5.09. The van der Waals surface area contributed by atoms with E-state index in [9.17, 15) is 8.42 Å². The van der Waals surface area contributed by atoms with Gasteiger partial charge in [0, 0.05) is 20.6 Å². The predicted octanol–water partition coefficient (Wildman–Crippen LogP) is 1.21. The molecule has 0 aliphatic rings. The van der Waals surface area contributed by atoms with Crippen LogP contribution >= 0.6 is 0 Å². The first-order valence-electron chi connectivity index (χ1n) is 6.28. The van der Waals surface area contributed by atoms with Crippen LogP contribution in [-0.2, 0) is 21.3 Å². The maximum absolute atomic E-state index is 11.8. The molecular formula is C13H22N2O4S. The van der Waals surface area contributed by atoms with Gasteiger partial charge in [-0.05, 0) is 19.1 Å². The zero-order valence-electron chi connectivity index (χ0n) is 12.2. The molecule has 0 amide bonds. The van der Waals surface area contributed by atoms with Crippen molar-refractivity contribution >= 4 is 10.0 Å². The Morgan fingerprint density at radius 1 is 1.45 bits per heavy atom. The van der Waals surface area contributed by atoms with E-state index in [-0.39, 0.29) is 5.09 Å². The Morgan fingerprint density at radius 2 is 2.15 bits per heavy atom. The van der Waals surface area contributed by atoms with Gasteiger partial charge in [-0.1, -0.05) is 12.2 Å². The van der Waals surface area contributed by atoms with Crippen molar-refractivity contribution in [2.45, 2.75) is 18.6 Å². The number of ether oxygens (including phenoxy) is 1. The maximum Gasteiger partial charge on any atom is 0.275 e. The van der Waals surface area contributed by atoms with E-state index in [1.165, 1.54) is 20.2 Å². The van der Waals surface area contributed by atoms with Gasteiger partial charge in [0.25, 0.3) is 10.0 Å². The van der Waals surface area contributed by atoms with E-state index < -0.39 is 10.0 Å². The van der Waals surface area contributed by atoms with E-state index in [4.69, 9.17) is 9.15 Å². The third-order valence-corrected chi connectivity index (χ3v) is 4.13. The molecule has 0 atom stereocenters. The molecule has 0 bridgehead atoms. The summed E-state index contributed by atoms with van der Waals surface area (Å²) in [6.45, 7) is 7.87. The number of sulfonamides is 1. The van der Waals surface area contributed by atoms with E-state index in [2.05, 4.69) is 11.9 Å². The van der Waals surface area contributed by atoms with E-state index in [0.29, 0.717) is 32.1 Å². The third-order valence-electron chi connectivity index (χ3n) is 2.44. The Balaban J connectivity index is 2.36. The first-order chi connectivity index (χ1) is 9.34. The van der Waals surface area contributed by atoms with Crippen LogP contribution in [0.1, 0.15) is 12.7 Å². The molecule has 0 saturated heterocycles. The van der Waals surface area contributed by atoms with Crippen LogP contribution in [0.25, 0.3) is 0 Å². The summed E-state index contributed by atoms with van der Waals surface area (Å²) in [7, 11) is -0.566.